The number of ether oxygens (including phenoxy) is 1. The largest absolute Gasteiger partial charge is 0.370 e. The number of rotatable bonds is 4. The lowest BCUT2D eigenvalue weighted by molar-refractivity contribution is -0.00829. The molecule has 5 heteroatoms. The highest BCUT2D eigenvalue weighted by molar-refractivity contribution is 5.81. The van der Waals surface area contributed by atoms with Crippen molar-refractivity contribution in [2.24, 2.45) is 4.99 Å². The molecular formula is C23H28N4O. The van der Waals surface area contributed by atoms with E-state index in [1.807, 2.05) is 7.05 Å². The van der Waals surface area contributed by atoms with E-state index in [2.05, 4.69) is 81.7 Å². The molecule has 28 heavy (non-hydrogen) atoms. The van der Waals surface area contributed by atoms with E-state index in [0.29, 0.717) is 6.61 Å². The molecule has 5 nitrogen and oxygen atoms in total. The van der Waals surface area contributed by atoms with Crippen molar-refractivity contribution in [1.29, 1.82) is 0 Å². The fraction of sp³-hybridized carbons (Fsp3) is 0.348. The number of para-hydroxylation sites is 1. The number of morpholine rings is 1. The van der Waals surface area contributed by atoms with Crippen molar-refractivity contribution in [2.75, 3.05) is 33.3 Å². The van der Waals surface area contributed by atoms with Gasteiger partial charge in [0.15, 0.2) is 5.96 Å². The van der Waals surface area contributed by atoms with Crippen LogP contribution in [0, 0.1) is 6.92 Å². The number of aromatic nitrogens is 1. The first-order valence-corrected chi connectivity index (χ1v) is 9.94. The highest BCUT2D eigenvalue weighted by Gasteiger charge is 2.25. The number of guanidine groups is 1. The molecule has 1 aliphatic heterocycles. The number of aliphatic imine (C=N–C) groups is 1. The molecule has 2 aromatic carbocycles. The van der Waals surface area contributed by atoms with E-state index in [9.17, 15) is 0 Å². The van der Waals surface area contributed by atoms with Crippen molar-refractivity contribution in [2.45, 2.75) is 19.4 Å². The summed E-state index contributed by atoms with van der Waals surface area (Å²) in [4.78, 5) is 10.3. The van der Waals surface area contributed by atoms with Crippen LogP contribution in [0.4, 0.5) is 0 Å². The summed E-state index contributed by atoms with van der Waals surface area (Å²) in [5.41, 5.74) is 4.97. The lowest BCUT2D eigenvalue weighted by Crippen LogP contribution is -2.48. The van der Waals surface area contributed by atoms with E-state index in [0.717, 1.165) is 32.0 Å². The zero-order chi connectivity index (χ0) is 19.3. The van der Waals surface area contributed by atoms with E-state index in [4.69, 9.17) is 4.74 Å². The maximum Gasteiger partial charge on any atom is 0.193 e. The lowest BCUT2D eigenvalue weighted by atomic mass is 10.0. The first-order chi connectivity index (χ1) is 13.7. The third-order valence-corrected chi connectivity index (χ3v) is 5.38. The van der Waals surface area contributed by atoms with Crippen LogP contribution < -0.4 is 5.32 Å². The number of benzene rings is 2. The monoisotopic (exact) mass is 376 g/mol. The zero-order valence-electron chi connectivity index (χ0n) is 16.6. The van der Waals surface area contributed by atoms with Gasteiger partial charge < -0.3 is 19.9 Å². The molecule has 1 unspecified atom stereocenters. The van der Waals surface area contributed by atoms with Crippen molar-refractivity contribution in [3.8, 4) is 0 Å². The van der Waals surface area contributed by atoms with Crippen LogP contribution in [0.5, 0.6) is 0 Å². The van der Waals surface area contributed by atoms with Crippen molar-refractivity contribution >= 4 is 16.9 Å². The Morgan fingerprint density at radius 1 is 1.21 bits per heavy atom. The van der Waals surface area contributed by atoms with Gasteiger partial charge in [0.1, 0.15) is 6.10 Å². The fourth-order valence-electron chi connectivity index (χ4n) is 3.89. The Hall–Kier alpha value is -2.79. The smallest absolute Gasteiger partial charge is 0.193 e. The first-order valence-electron chi connectivity index (χ1n) is 9.94. The fourth-order valence-corrected chi connectivity index (χ4v) is 3.89. The van der Waals surface area contributed by atoms with Gasteiger partial charge in [-0.25, -0.2) is 0 Å². The summed E-state index contributed by atoms with van der Waals surface area (Å²) in [6.45, 7) is 5.37. The van der Waals surface area contributed by atoms with E-state index < -0.39 is 0 Å². The predicted octanol–water partition coefficient (Wildman–Crippen LogP) is 3.67. The van der Waals surface area contributed by atoms with Crippen LogP contribution in [-0.2, 0) is 11.2 Å². The third-order valence-electron chi connectivity index (χ3n) is 5.38. The van der Waals surface area contributed by atoms with E-state index in [1.54, 1.807) is 0 Å². The minimum Gasteiger partial charge on any atom is -0.370 e. The first kappa shape index (κ1) is 18.6. The lowest BCUT2D eigenvalue weighted by Gasteiger charge is -2.35. The van der Waals surface area contributed by atoms with Gasteiger partial charge in [-0.05, 0) is 35.6 Å². The van der Waals surface area contributed by atoms with Gasteiger partial charge in [-0.15, -0.1) is 0 Å². The molecule has 2 heterocycles. The minimum absolute atomic E-state index is 0.0854. The molecule has 1 atom stereocenters. The number of nitrogens with zero attached hydrogens (tertiary/aromatic N) is 2. The van der Waals surface area contributed by atoms with E-state index in [1.165, 1.54) is 27.7 Å². The number of aryl methyl sites for hydroxylation is 1. The molecule has 1 aromatic heterocycles. The van der Waals surface area contributed by atoms with Crippen molar-refractivity contribution in [3.63, 3.8) is 0 Å². The van der Waals surface area contributed by atoms with Crippen molar-refractivity contribution < 1.29 is 4.74 Å². The Labute approximate surface area is 166 Å². The molecule has 146 valence electrons. The molecule has 2 N–H and O–H groups in total. The Balaban J connectivity index is 1.36. The van der Waals surface area contributed by atoms with Crippen LogP contribution in [0.25, 0.3) is 10.9 Å². The van der Waals surface area contributed by atoms with Crippen LogP contribution >= 0.6 is 0 Å². The van der Waals surface area contributed by atoms with Gasteiger partial charge in [0.25, 0.3) is 0 Å². The summed E-state index contributed by atoms with van der Waals surface area (Å²) < 4.78 is 6.05. The maximum absolute atomic E-state index is 6.05. The average Bonchev–Trinajstić information content (AvgIpc) is 3.14. The van der Waals surface area contributed by atoms with E-state index in [-0.39, 0.29) is 6.10 Å². The average molecular weight is 377 g/mol. The quantitative estimate of drug-likeness (QED) is 0.540. The number of aromatic amines is 1. The van der Waals surface area contributed by atoms with Crippen LogP contribution in [0.3, 0.4) is 0 Å². The summed E-state index contributed by atoms with van der Waals surface area (Å²) in [5, 5.41) is 4.78. The van der Waals surface area contributed by atoms with Gasteiger partial charge in [-0.3, -0.25) is 4.99 Å². The number of fused-ring (bicyclic) bond motifs is 1. The zero-order valence-corrected chi connectivity index (χ0v) is 16.6. The molecule has 1 aliphatic rings. The van der Waals surface area contributed by atoms with Crippen LogP contribution in [0.1, 0.15) is 22.9 Å². The van der Waals surface area contributed by atoms with Gasteiger partial charge in [0.2, 0.25) is 0 Å². The number of hydrogen-bond acceptors (Lipinski definition) is 2. The molecule has 0 amide bonds. The molecule has 4 rings (SSSR count). The molecule has 1 fully saturated rings. The second kappa shape index (κ2) is 8.48. The summed E-state index contributed by atoms with van der Waals surface area (Å²) in [5.74, 6) is 0.943. The van der Waals surface area contributed by atoms with Crippen LogP contribution in [0.15, 0.2) is 59.6 Å². The molecule has 0 saturated carbocycles. The van der Waals surface area contributed by atoms with Gasteiger partial charge in [0.05, 0.1) is 13.2 Å². The second-order valence-corrected chi connectivity index (χ2v) is 7.27. The molecule has 1 saturated heterocycles. The molecule has 0 bridgehead atoms. The van der Waals surface area contributed by atoms with Gasteiger partial charge >= 0.3 is 0 Å². The Morgan fingerprint density at radius 3 is 2.86 bits per heavy atom. The van der Waals surface area contributed by atoms with Gasteiger partial charge in [-0.1, -0.05) is 42.5 Å². The maximum atomic E-state index is 6.05. The third kappa shape index (κ3) is 4.04. The molecule has 0 aliphatic carbocycles. The molecule has 0 spiro atoms. The SMILES string of the molecule is CN=C(NCCc1cc2ccccc2[nH]1)N1CCOC(c2ccccc2C)C1. The highest BCUT2D eigenvalue weighted by atomic mass is 16.5. The second-order valence-electron chi connectivity index (χ2n) is 7.27. The van der Waals surface area contributed by atoms with Crippen molar-refractivity contribution in [1.82, 2.24) is 15.2 Å². The predicted molar refractivity (Wildman–Crippen MR) is 115 cm³/mol. The molecule has 3 aromatic rings. The highest BCUT2D eigenvalue weighted by Crippen LogP contribution is 2.25. The molecule has 0 radical (unpaired) electrons. The van der Waals surface area contributed by atoms with Crippen molar-refractivity contribution in [3.05, 3.63) is 71.4 Å². The summed E-state index contributed by atoms with van der Waals surface area (Å²) in [6, 6.07) is 19.1. The standard InChI is InChI=1S/C23H28N4O/c1-17-7-3-5-9-20(17)22-16-27(13-14-28-22)23(24-2)25-12-11-19-15-18-8-4-6-10-21(18)26-19/h3-10,15,22,26H,11-14,16H2,1-2H3,(H,24,25). The minimum atomic E-state index is 0.0854. The van der Waals surface area contributed by atoms with Gasteiger partial charge in [-0.2, -0.15) is 0 Å². The van der Waals surface area contributed by atoms with E-state index >= 15 is 0 Å². The van der Waals surface area contributed by atoms with Crippen LogP contribution in [-0.4, -0.2) is 49.1 Å². The van der Waals surface area contributed by atoms with Crippen LogP contribution in [0.2, 0.25) is 0 Å². The van der Waals surface area contributed by atoms with Gasteiger partial charge in [0, 0.05) is 37.8 Å². The number of H-pyrrole nitrogens is 1. The Kier molecular flexibility index (Phi) is 5.63. The summed E-state index contributed by atoms with van der Waals surface area (Å²) in [7, 11) is 1.85. The summed E-state index contributed by atoms with van der Waals surface area (Å²) in [6.07, 6.45) is 1.02. The Morgan fingerprint density at radius 2 is 2.04 bits per heavy atom. The number of nitrogens with one attached hydrogen (secondary N) is 2. The Bertz CT molecular complexity index is 929. The topological polar surface area (TPSA) is 52.7 Å². The normalized spacial score (nSPS) is 17.9. The summed E-state index contributed by atoms with van der Waals surface area (Å²) >= 11 is 0. The number of hydrogen-bond donors (Lipinski definition) is 2. The molecular weight excluding hydrogens is 348 g/mol.